The van der Waals surface area contributed by atoms with Gasteiger partial charge in [-0.15, -0.1) is 0 Å². The number of nitro benzene ring substituents is 1. The van der Waals surface area contributed by atoms with Crippen LogP contribution >= 0.6 is 0 Å². The second-order valence-corrected chi connectivity index (χ2v) is 7.51. The Morgan fingerprint density at radius 3 is 2.49 bits per heavy atom. The lowest BCUT2D eigenvalue weighted by molar-refractivity contribution is -0.383. The van der Waals surface area contributed by atoms with Gasteiger partial charge in [-0.2, -0.15) is 0 Å². The van der Waals surface area contributed by atoms with Gasteiger partial charge in [0.25, 0.3) is 11.6 Å². The van der Waals surface area contributed by atoms with Crippen LogP contribution in [0.25, 0.3) is 0 Å². The summed E-state index contributed by atoms with van der Waals surface area (Å²) in [6.45, 7) is 0. The number of nitrogens with one attached hydrogen (secondary N) is 2. The molecule has 0 fully saturated rings. The highest BCUT2D eigenvalue weighted by atomic mass is 19.1. The number of amides is 3. The highest BCUT2D eigenvalue weighted by Crippen LogP contribution is 2.30. The van der Waals surface area contributed by atoms with Gasteiger partial charge in [-0.25, -0.2) is 14.2 Å². The van der Waals surface area contributed by atoms with Crippen molar-refractivity contribution in [2.45, 2.75) is 6.17 Å². The van der Waals surface area contributed by atoms with Crippen molar-refractivity contribution in [3.63, 3.8) is 0 Å². The van der Waals surface area contributed by atoms with E-state index in [4.69, 9.17) is 4.74 Å². The number of benzene rings is 3. The van der Waals surface area contributed by atoms with Crippen LogP contribution in [0.4, 0.5) is 26.2 Å². The summed E-state index contributed by atoms with van der Waals surface area (Å²) in [5.74, 6) is -0.848. The number of carbonyl (C=O) groups excluding carboxylic acids is 2. The first-order chi connectivity index (χ1) is 16.8. The minimum atomic E-state index is -1.44. The third kappa shape index (κ3) is 4.64. The van der Waals surface area contributed by atoms with Gasteiger partial charge >= 0.3 is 6.03 Å². The SMILES string of the molecule is COc1ccc([N+](=O)[O-])c(NC(=O)NC2N=C(c3ccccc3F)c3ccccc3N(C)C2=O)c1. The average Bonchev–Trinajstić information content (AvgIpc) is 2.95. The maximum Gasteiger partial charge on any atom is 0.321 e. The average molecular weight is 477 g/mol. The first kappa shape index (κ1) is 23.4. The van der Waals surface area contributed by atoms with Gasteiger partial charge in [-0.05, 0) is 24.3 Å². The zero-order chi connectivity index (χ0) is 25.1. The summed E-state index contributed by atoms with van der Waals surface area (Å²) >= 11 is 0. The van der Waals surface area contributed by atoms with E-state index in [2.05, 4.69) is 15.6 Å². The number of benzodiazepines with no additional fused rings is 1. The molecular formula is C24H20FN5O5. The van der Waals surface area contributed by atoms with Gasteiger partial charge in [0.1, 0.15) is 17.3 Å². The molecule has 4 rings (SSSR count). The molecule has 0 radical (unpaired) electrons. The fraction of sp³-hybridized carbons (Fsp3) is 0.125. The van der Waals surface area contributed by atoms with E-state index >= 15 is 0 Å². The summed E-state index contributed by atoms with van der Waals surface area (Å²) in [4.78, 5) is 42.4. The smallest absolute Gasteiger partial charge is 0.321 e. The number of likely N-dealkylation sites (N-methyl/N-ethyl adjacent to an activating group) is 1. The standard InChI is InChI=1S/C24H20FN5O5/c1-29-19-10-6-4-8-16(19)21(15-7-3-5-9-17(15)25)27-22(23(29)31)28-24(32)26-18-13-14(35-2)11-12-20(18)30(33)34/h3-13,22H,1-2H3,(H2,26,28,32). The largest absolute Gasteiger partial charge is 0.497 e. The number of ether oxygens (including phenoxy) is 1. The zero-order valence-corrected chi connectivity index (χ0v) is 18.7. The van der Waals surface area contributed by atoms with Crippen molar-refractivity contribution in [1.29, 1.82) is 0 Å². The zero-order valence-electron chi connectivity index (χ0n) is 18.7. The number of para-hydroxylation sites is 1. The second kappa shape index (κ2) is 9.59. The summed E-state index contributed by atoms with van der Waals surface area (Å²) in [6, 6.07) is 15.7. The molecule has 1 aliphatic heterocycles. The van der Waals surface area contributed by atoms with Gasteiger partial charge in [0.2, 0.25) is 6.17 Å². The molecule has 0 spiro atoms. The van der Waals surface area contributed by atoms with Gasteiger partial charge in [-0.3, -0.25) is 14.9 Å². The number of halogens is 1. The van der Waals surface area contributed by atoms with Crippen LogP contribution in [-0.2, 0) is 4.79 Å². The molecule has 0 aliphatic carbocycles. The molecule has 3 aromatic rings. The van der Waals surface area contributed by atoms with Crippen LogP contribution in [0, 0.1) is 15.9 Å². The van der Waals surface area contributed by atoms with Crippen molar-refractivity contribution in [1.82, 2.24) is 5.32 Å². The molecule has 1 atom stereocenters. The maximum absolute atomic E-state index is 14.7. The highest BCUT2D eigenvalue weighted by Gasteiger charge is 2.32. The number of nitrogens with zero attached hydrogens (tertiary/aromatic N) is 3. The summed E-state index contributed by atoms with van der Waals surface area (Å²) in [6.07, 6.45) is -1.44. The van der Waals surface area contributed by atoms with Gasteiger partial charge in [0.15, 0.2) is 0 Å². The van der Waals surface area contributed by atoms with E-state index in [0.29, 0.717) is 11.3 Å². The second-order valence-electron chi connectivity index (χ2n) is 7.51. The Morgan fingerprint density at radius 1 is 1.11 bits per heavy atom. The number of carbonyl (C=O) groups is 2. The molecule has 2 N–H and O–H groups in total. The van der Waals surface area contributed by atoms with Crippen molar-refractivity contribution < 1.29 is 23.6 Å². The number of fused-ring (bicyclic) bond motifs is 1. The summed E-state index contributed by atoms with van der Waals surface area (Å²) < 4.78 is 19.8. The molecule has 1 unspecified atom stereocenters. The minimum absolute atomic E-state index is 0.136. The van der Waals surface area contributed by atoms with Crippen molar-refractivity contribution >= 4 is 34.7 Å². The molecular weight excluding hydrogens is 457 g/mol. The topological polar surface area (TPSA) is 126 Å². The quantitative estimate of drug-likeness (QED) is 0.428. The van der Waals surface area contributed by atoms with Crippen molar-refractivity contribution in [3.05, 3.63) is 93.8 Å². The van der Waals surface area contributed by atoms with E-state index in [9.17, 15) is 24.1 Å². The van der Waals surface area contributed by atoms with Crippen molar-refractivity contribution in [2.24, 2.45) is 4.99 Å². The normalized spacial score (nSPS) is 14.9. The molecule has 1 heterocycles. The lowest BCUT2D eigenvalue weighted by Crippen LogP contribution is -2.47. The Bertz CT molecular complexity index is 1360. The monoisotopic (exact) mass is 477 g/mol. The number of anilines is 2. The third-order valence-electron chi connectivity index (χ3n) is 5.39. The molecule has 0 saturated heterocycles. The maximum atomic E-state index is 14.7. The number of hydrogen-bond donors (Lipinski definition) is 2. The number of methoxy groups -OCH3 is 1. The molecule has 0 aromatic heterocycles. The van der Waals surface area contributed by atoms with E-state index in [1.54, 1.807) is 30.3 Å². The molecule has 0 saturated carbocycles. The van der Waals surface area contributed by atoms with Crippen LogP contribution < -0.4 is 20.3 Å². The molecule has 1 aliphatic rings. The number of hydrogen-bond acceptors (Lipinski definition) is 6. The predicted octanol–water partition coefficient (Wildman–Crippen LogP) is 3.70. The first-order valence-electron chi connectivity index (χ1n) is 10.4. The van der Waals surface area contributed by atoms with Crippen molar-refractivity contribution in [2.75, 3.05) is 24.4 Å². The Hall–Kier alpha value is -4.80. The van der Waals surface area contributed by atoms with E-state index in [1.807, 2.05) is 0 Å². The van der Waals surface area contributed by atoms with E-state index in [1.165, 1.54) is 55.5 Å². The summed E-state index contributed by atoms with van der Waals surface area (Å²) in [5, 5.41) is 16.2. The van der Waals surface area contributed by atoms with Gasteiger partial charge < -0.3 is 20.3 Å². The Balaban J connectivity index is 1.71. The van der Waals surface area contributed by atoms with Gasteiger partial charge in [-0.1, -0.05) is 30.3 Å². The fourth-order valence-electron chi connectivity index (χ4n) is 3.67. The minimum Gasteiger partial charge on any atom is -0.497 e. The molecule has 3 aromatic carbocycles. The third-order valence-corrected chi connectivity index (χ3v) is 5.39. The highest BCUT2D eigenvalue weighted by molar-refractivity contribution is 6.20. The number of aliphatic imine (C=N–C) groups is 1. The number of nitro groups is 1. The molecule has 178 valence electrons. The van der Waals surface area contributed by atoms with Gasteiger partial charge in [0.05, 0.1) is 23.4 Å². The predicted molar refractivity (Wildman–Crippen MR) is 127 cm³/mol. The van der Waals surface area contributed by atoms with Crippen LogP contribution in [0.5, 0.6) is 5.75 Å². The van der Waals surface area contributed by atoms with Crippen molar-refractivity contribution in [3.8, 4) is 5.75 Å². The van der Waals surface area contributed by atoms with E-state index < -0.39 is 28.8 Å². The lowest BCUT2D eigenvalue weighted by atomic mass is 10.00. The van der Waals surface area contributed by atoms with Crippen LogP contribution in [0.2, 0.25) is 0 Å². The van der Waals surface area contributed by atoms with Crippen LogP contribution in [0.3, 0.4) is 0 Å². The Kier molecular flexibility index (Phi) is 6.40. The van der Waals surface area contributed by atoms with E-state index in [0.717, 1.165) is 0 Å². The van der Waals surface area contributed by atoms with E-state index in [-0.39, 0.29) is 28.4 Å². The fourth-order valence-corrected chi connectivity index (χ4v) is 3.67. The van der Waals surface area contributed by atoms with Crippen LogP contribution in [0.15, 0.2) is 71.7 Å². The summed E-state index contributed by atoms with van der Waals surface area (Å²) in [5.41, 5.74) is 0.804. The Labute approximate surface area is 199 Å². The molecule has 11 heteroatoms. The number of rotatable bonds is 5. The molecule has 10 nitrogen and oxygen atoms in total. The van der Waals surface area contributed by atoms with Crippen LogP contribution in [0.1, 0.15) is 11.1 Å². The van der Waals surface area contributed by atoms with Crippen LogP contribution in [-0.4, -0.2) is 42.9 Å². The Morgan fingerprint density at radius 2 is 1.80 bits per heavy atom. The molecule has 35 heavy (non-hydrogen) atoms. The van der Waals surface area contributed by atoms with Gasteiger partial charge in [0, 0.05) is 30.3 Å². The summed E-state index contributed by atoms with van der Waals surface area (Å²) in [7, 11) is 2.89. The number of urea groups is 1. The lowest BCUT2D eigenvalue weighted by Gasteiger charge is -2.21. The molecule has 3 amide bonds. The first-order valence-corrected chi connectivity index (χ1v) is 10.4. The molecule has 0 bridgehead atoms.